The summed E-state index contributed by atoms with van der Waals surface area (Å²) >= 11 is 0. The third kappa shape index (κ3) is 11.5. The van der Waals surface area contributed by atoms with Crippen LogP contribution in [0.15, 0.2) is 72.8 Å². The fraction of sp³-hybridized carbons (Fsp3) is 0.465. The lowest BCUT2D eigenvalue weighted by Gasteiger charge is -2.34. The van der Waals surface area contributed by atoms with Gasteiger partial charge in [-0.2, -0.15) is 0 Å². The van der Waals surface area contributed by atoms with Crippen molar-refractivity contribution in [2.24, 2.45) is 5.92 Å². The van der Waals surface area contributed by atoms with E-state index in [1.54, 1.807) is 17.0 Å². The molecule has 3 heterocycles. The van der Waals surface area contributed by atoms with E-state index < -0.39 is 23.9 Å². The molecule has 5 amide bonds. The highest BCUT2D eigenvalue weighted by molar-refractivity contribution is 5.96. The van der Waals surface area contributed by atoms with Crippen molar-refractivity contribution in [1.29, 1.82) is 0 Å². The molecular weight excluding hydrogens is 713 g/mol. The monoisotopic (exact) mass is 766 g/mol. The van der Waals surface area contributed by atoms with Gasteiger partial charge in [-0.15, -0.1) is 0 Å². The summed E-state index contributed by atoms with van der Waals surface area (Å²) in [5.41, 5.74) is 4.38. The van der Waals surface area contributed by atoms with Gasteiger partial charge in [0.2, 0.25) is 23.6 Å². The lowest BCUT2D eigenvalue weighted by Crippen LogP contribution is -2.55. The van der Waals surface area contributed by atoms with E-state index in [1.807, 2.05) is 67.6 Å². The molecule has 3 aliphatic heterocycles. The fourth-order valence-electron chi connectivity index (χ4n) is 7.42. The first-order valence-electron chi connectivity index (χ1n) is 19.8. The van der Waals surface area contributed by atoms with Crippen LogP contribution in [0, 0.1) is 12.8 Å². The first-order valence-corrected chi connectivity index (χ1v) is 19.8. The number of fused-ring (bicyclic) bond motifs is 4. The number of hydrogen-bond acceptors (Lipinski definition) is 8. The number of rotatable bonds is 9. The van der Waals surface area contributed by atoms with Gasteiger partial charge in [0.05, 0.1) is 26.2 Å². The number of morpholine rings is 1. The minimum atomic E-state index is -1.23. The van der Waals surface area contributed by atoms with Crippen LogP contribution in [0.25, 0.3) is 0 Å². The van der Waals surface area contributed by atoms with E-state index in [9.17, 15) is 24.0 Å². The van der Waals surface area contributed by atoms with Gasteiger partial charge in [0.25, 0.3) is 5.91 Å². The normalized spacial score (nSPS) is 21.1. The molecule has 3 aromatic carbocycles. The molecule has 56 heavy (non-hydrogen) atoms. The SMILES string of the molecule is Cc1ccc2cc1CNC(=O)[C@H](CCc1ccccc1)NC(=O)[C@@H](NC(=O)CCNC(=O)c1ccc(N3CCOCC3)cc1)CC(=O)N1CCCC(CCO2)C1. The number of ether oxygens (including phenoxy) is 2. The number of carbonyl (C=O) groups is 5. The van der Waals surface area contributed by atoms with E-state index in [0.717, 1.165) is 60.5 Å². The second kappa shape index (κ2) is 19.9. The van der Waals surface area contributed by atoms with Crippen LogP contribution >= 0.6 is 0 Å². The fourth-order valence-corrected chi connectivity index (χ4v) is 7.42. The molecule has 3 aromatic rings. The molecule has 1 unspecified atom stereocenters. The molecule has 13 heteroatoms. The quantitative estimate of drug-likeness (QED) is 0.259. The van der Waals surface area contributed by atoms with Crippen molar-refractivity contribution in [1.82, 2.24) is 26.2 Å². The molecule has 6 rings (SSSR count). The lowest BCUT2D eigenvalue weighted by molar-refractivity contribution is -0.138. The molecule has 13 nitrogen and oxygen atoms in total. The van der Waals surface area contributed by atoms with Crippen LogP contribution in [0.2, 0.25) is 0 Å². The molecule has 4 N–H and O–H groups in total. The summed E-state index contributed by atoms with van der Waals surface area (Å²) in [6, 6.07) is 20.6. The molecule has 0 aromatic heterocycles. The number of anilines is 1. The first kappa shape index (κ1) is 40.2. The average Bonchev–Trinajstić information content (AvgIpc) is 3.22. The molecule has 0 radical (unpaired) electrons. The van der Waals surface area contributed by atoms with Gasteiger partial charge in [0.1, 0.15) is 17.8 Å². The number of benzene rings is 3. The zero-order chi connectivity index (χ0) is 39.3. The third-order valence-corrected chi connectivity index (χ3v) is 10.8. The van der Waals surface area contributed by atoms with Crippen molar-refractivity contribution in [3.63, 3.8) is 0 Å². The third-order valence-electron chi connectivity index (χ3n) is 10.8. The smallest absolute Gasteiger partial charge is 0.251 e. The van der Waals surface area contributed by atoms with Crippen LogP contribution < -0.4 is 30.9 Å². The molecule has 3 aliphatic rings. The van der Waals surface area contributed by atoms with Gasteiger partial charge in [0.15, 0.2) is 0 Å². The van der Waals surface area contributed by atoms with Gasteiger partial charge in [-0.25, -0.2) is 0 Å². The predicted octanol–water partition coefficient (Wildman–Crippen LogP) is 3.28. The van der Waals surface area contributed by atoms with Crippen molar-refractivity contribution in [2.75, 3.05) is 57.4 Å². The molecule has 0 spiro atoms. The van der Waals surface area contributed by atoms with E-state index in [2.05, 4.69) is 26.2 Å². The Morgan fingerprint density at radius 2 is 1.66 bits per heavy atom. The maximum absolute atomic E-state index is 14.1. The van der Waals surface area contributed by atoms with Crippen molar-refractivity contribution < 1.29 is 33.4 Å². The molecule has 298 valence electrons. The number of carbonyl (C=O) groups excluding carboxylic acids is 5. The highest BCUT2D eigenvalue weighted by atomic mass is 16.5. The van der Waals surface area contributed by atoms with Crippen LogP contribution in [-0.4, -0.2) is 99.1 Å². The van der Waals surface area contributed by atoms with Gasteiger partial charge in [0, 0.05) is 56.9 Å². The van der Waals surface area contributed by atoms with E-state index in [-0.39, 0.29) is 49.6 Å². The Morgan fingerprint density at radius 1 is 0.875 bits per heavy atom. The zero-order valence-electron chi connectivity index (χ0n) is 32.2. The molecule has 2 saturated heterocycles. The van der Waals surface area contributed by atoms with Crippen LogP contribution in [0.5, 0.6) is 5.75 Å². The second-order valence-electron chi connectivity index (χ2n) is 14.9. The number of hydrogen-bond donors (Lipinski definition) is 4. The Bertz CT molecular complexity index is 1810. The molecule has 3 atom stereocenters. The lowest BCUT2D eigenvalue weighted by atomic mass is 9.94. The minimum absolute atomic E-state index is 0.0246. The number of piperidine rings is 1. The van der Waals surface area contributed by atoms with Crippen LogP contribution in [0.4, 0.5) is 5.69 Å². The van der Waals surface area contributed by atoms with E-state index in [4.69, 9.17) is 9.47 Å². The Labute approximate surface area is 328 Å². The topological polar surface area (TPSA) is 158 Å². The zero-order valence-corrected chi connectivity index (χ0v) is 32.2. The predicted molar refractivity (Wildman–Crippen MR) is 212 cm³/mol. The van der Waals surface area contributed by atoms with Crippen molar-refractivity contribution in [3.8, 4) is 5.75 Å². The average molecular weight is 767 g/mol. The number of nitrogens with one attached hydrogen (secondary N) is 4. The minimum Gasteiger partial charge on any atom is -0.494 e. The summed E-state index contributed by atoms with van der Waals surface area (Å²) in [5.74, 6) is -1.12. The number of nitrogens with zero attached hydrogens (tertiary/aromatic N) is 2. The summed E-state index contributed by atoms with van der Waals surface area (Å²) in [5, 5.41) is 11.4. The van der Waals surface area contributed by atoms with Crippen LogP contribution in [0.3, 0.4) is 0 Å². The Hall–Kier alpha value is -5.43. The first-order chi connectivity index (χ1) is 27.2. The molecule has 2 fully saturated rings. The maximum Gasteiger partial charge on any atom is 0.251 e. The Morgan fingerprint density at radius 3 is 2.45 bits per heavy atom. The van der Waals surface area contributed by atoms with Crippen molar-refractivity contribution in [3.05, 3.63) is 95.1 Å². The Balaban J connectivity index is 1.14. The summed E-state index contributed by atoms with van der Waals surface area (Å²) in [4.78, 5) is 71.8. The van der Waals surface area contributed by atoms with Gasteiger partial charge >= 0.3 is 0 Å². The molecule has 0 saturated carbocycles. The van der Waals surface area contributed by atoms with Gasteiger partial charge in [-0.1, -0.05) is 36.4 Å². The van der Waals surface area contributed by atoms with E-state index in [1.165, 1.54) is 0 Å². The molecule has 0 aliphatic carbocycles. The Kier molecular flexibility index (Phi) is 14.3. The van der Waals surface area contributed by atoms with Crippen molar-refractivity contribution in [2.45, 2.75) is 70.5 Å². The number of aryl methyl sites for hydroxylation is 2. The van der Waals surface area contributed by atoms with Gasteiger partial charge in [-0.05, 0) is 98.0 Å². The highest BCUT2D eigenvalue weighted by Crippen LogP contribution is 2.23. The summed E-state index contributed by atoms with van der Waals surface area (Å²) in [6.07, 6.45) is 2.99. The largest absolute Gasteiger partial charge is 0.494 e. The van der Waals surface area contributed by atoms with Crippen LogP contribution in [-0.2, 0) is 36.9 Å². The maximum atomic E-state index is 14.1. The second-order valence-corrected chi connectivity index (χ2v) is 14.9. The summed E-state index contributed by atoms with van der Waals surface area (Å²) in [6.45, 7) is 6.71. The van der Waals surface area contributed by atoms with Gasteiger partial charge < -0.3 is 40.5 Å². The summed E-state index contributed by atoms with van der Waals surface area (Å²) < 4.78 is 11.5. The van der Waals surface area contributed by atoms with Crippen molar-refractivity contribution >= 4 is 35.2 Å². The number of amides is 5. The van der Waals surface area contributed by atoms with Crippen LogP contribution in [0.1, 0.15) is 65.6 Å². The summed E-state index contributed by atoms with van der Waals surface area (Å²) in [7, 11) is 0. The molecular formula is C43H54N6O7. The highest BCUT2D eigenvalue weighted by Gasteiger charge is 2.32. The molecule has 4 bridgehead atoms. The standard InChI is InChI=1S/C43H54N6O7/c1-30-9-15-36-26-34(30)28-45-42(53)37(16-10-31-6-3-2-4-7-31)47-43(54)38(27-40(51)49-20-5-8-32(29-49)18-23-56-36)46-39(50)17-19-44-41(52)33-11-13-35(14-12-33)48-21-24-55-25-22-48/h2-4,6-7,9,11-15,26,32,37-38H,5,8,10,16-25,27-29H2,1H3,(H,44,52)(H,45,53)(H,46,50)(H,47,54)/t32?,37-,38-/m0/s1. The van der Waals surface area contributed by atoms with Gasteiger partial charge in [-0.3, -0.25) is 24.0 Å². The van der Waals surface area contributed by atoms with E-state index >= 15 is 0 Å². The van der Waals surface area contributed by atoms with E-state index in [0.29, 0.717) is 51.3 Å².